The molecule has 0 spiro atoms. The number of phenols is 1. The van der Waals surface area contributed by atoms with Gasteiger partial charge >= 0.3 is 0 Å². The summed E-state index contributed by atoms with van der Waals surface area (Å²) in [7, 11) is 1.85. The minimum atomic E-state index is 0.250. The van der Waals surface area contributed by atoms with Gasteiger partial charge in [0.2, 0.25) is 0 Å². The van der Waals surface area contributed by atoms with Gasteiger partial charge in [0.05, 0.1) is 13.1 Å². The quantitative estimate of drug-likeness (QED) is 0.559. The SMILES string of the molecule is CCNC(=NCc1cccc(O)c1)NCc1ncnn1C. The van der Waals surface area contributed by atoms with Crippen molar-refractivity contribution in [3.8, 4) is 5.75 Å². The summed E-state index contributed by atoms with van der Waals surface area (Å²) in [4.78, 5) is 8.63. The molecule has 7 nitrogen and oxygen atoms in total. The van der Waals surface area contributed by atoms with Gasteiger partial charge in [0.1, 0.15) is 17.9 Å². The first-order valence-electron chi connectivity index (χ1n) is 6.82. The maximum atomic E-state index is 9.44. The molecule has 0 saturated carbocycles. The standard InChI is InChI=1S/C14H20N6O/c1-3-15-14(17-9-13-18-10-19-20(13)2)16-8-11-5-4-6-12(21)7-11/h4-7,10,21H,3,8-9H2,1-2H3,(H2,15,16,17). The highest BCUT2D eigenvalue weighted by molar-refractivity contribution is 5.79. The summed E-state index contributed by atoms with van der Waals surface area (Å²) < 4.78 is 1.71. The lowest BCUT2D eigenvalue weighted by Gasteiger charge is -2.10. The number of hydrogen-bond acceptors (Lipinski definition) is 4. The summed E-state index contributed by atoms with van der Waals surface area (Å²) in [6.07, 6.45) is 1.52. The highest BCUT2D eigenvalue weighted by atomic mass is 16.3. The molecule has 0 bridgehead atoms. The first kappa shape index (κ1) is 14.8. The van der Waals surface area contributed by atoms with Gasteiger partial charge in [-0.1, -0.05) is 12.1 Å². The number of hydrogen-bond donors (Lipinski definition) is 3. The summed E-state index contributed by atoms with van der Waals surface area (Å²) in [5.74, 6) is 1.78. The third-order valence-corrected chi connectivity index (χ3v) is 2.89. The van der Waals surface area contributed by atoms with Crippen LogP contribution in [0.3, 0.4) is 0 Å². The number of phenolic OH excluding ortho intramolecular Hbond substituents is 1. The second-order valence-corrected chi connectivity index (χ2v) is 4.52. The van der Waals surface area contributed by atoms with Gasteiger partial charge < -0.3 is 15.7 Å². The number of nitrogens with zero attached hydrogens (tertiary/aromatic N) is 4. The predicted molar refractivity (Wildman–Crippen MR) is 80.8 cm³/mol. The average molecular weight is 288 g/mol. The second kappa shape index (κ2) is 7.28. The van der Waals surface area contributed by atoms with Crippen LogP contribution in [0.5, 0.6) is 5.75 Å². The van der Waals surface area contributed by atoms with E-state index in [4.69, 9.17) is 0 Å². The molecule has 1 heterocycles. The molecular formula is C14H20N6O. The number of guanidine groups is 1. The molecular weight excluding hydrogens is 268 g/mol. The number of benzene rings is 1. The highest BCUT2D eigenvalue weighted by Gasteiger charge is 2.02. The van der Waals surface area contributed by atoms with Crippen molar-refractivity contribution < 1.29 is 5.11 Å². The number of aromatic nitrogens is 3. The van der Waals surface area contributed by atoms with Crippen molar-refractivity contribution in [2.75, 3.05) is 6.54 Å². The van der Waals surface area contributed by atoms with E-state index in [1.807, 2.05) is 20.0 Å². The van der Waals surface area contributed by atoms with E-state index in [2.05, 4.69) is 25.7 Å². The fourth-order valence-electron chi connectivity index (χ4n) is 1.81. The molecule has 2 rings (SSSR count). The monoisotopic (exact) mass is 288 g/mol. The van der Waals surface area contributed by atoms with Crippen LogP contribution in [-0.2, 0) is 20.1 Å². The minimum absolute atomic E-state index is 0.250. The molecule has 0 amide bonds. The number of aromatic hydroxyl groups is 1. The Morgan fingerprint density at radius 2 is 2.24 bits per heavy atom. The number of aliphatic imine (C=N–C) groups is 1. The Morgan fingerprint density at radius 3 is 2.90 bits per heavy atom. The van der Waals surface area contributed by atoms with Crippen molar-refractivity contribution in [2.24, 2.45) is 12.0 Å². The lowest BCUT2D eigenvalue weighted by atomic mass is 10.2. The smallest absolute Gasteiger partial charge is 0.191 e. The van der Waals surface area contributed by atoms with Crippen molar-refractivity contribution in [1.29, 1.82) is 0 Å². The van der Waals surface area contributed by atoms with E-state index in [0.29, 0.717) is 19.0 Å². The zero-order valence-electron chi connectivity index (χ0n) is 12.2. The third-order valence-electron chi connectivity index (χ3n) is 2.89. The number of aryl methyl sites for hydroxylation is 1. The molecule has 0 atom stereocenters. The minimum Gasteiger partial charge on any atom is -0.508 e. The Morgan fingerprint density at radius 1 is 1.38 bits per heavy atom. The molecule has 0 aliphatic carbocycles. The maximum absolute atomic E-state index is 9.44. The van der Waals surface area contributed by atoms with Crippen molar-refractivity contribution >= 4 is 5.96 Å². The second-order valence-electron chi connectivity index (χ2n) is 4.52. The van der Waals surface area contributed by atoms with Crippen LogP contribution in [0.25, 0.3) is 0 Å². The Hall–Kier alpha value is -2.57. The molecule has 21 heavy (non-hydrogen) atoms. The van der Waals surface area contributed by atoms with Crippen LogP contribution in [0, 0.1) is 0 Å². The zero-order valence-corrected chi connectivity index (χ0v) is 12.2. The molecule has 0 fully saturated rings. The fourth-order valence-corrected chi connectivity index (χ4v) is 1.81. The molecule has 0 saturated heterocycles. The van der Waals surface area contributed by atoms with Crippen molar-refractivity contribution in [3.63, 3.8) is 0 Å². The molecule has 0 aliphatic heterocycles. The first-order valence-corrected chi connectivity index (χ1v) is 6.82. The fraction of sp³-hybridized carbons (Fsp3) is 0.357. The molecule has 7 heteroatoms. The molecule has 0 radical (unpaired) electrons. The van der Waals surface area contributed by atoms with E-state index in [0.717, 1.165) is 17.9 Å². The molecule has 0 unspecified atom stereocenters. The van der Waals surface area contributed by atoms with E-state index in [-0.39, 0.29) is 5.75 Å². The van der Waals surface area contributed by atoms with Crippen molar-refractivity contribution in [1.82, 2.24) is 25.4 Å². The van der Waals surface area contributed by atoms with Crippen LogP contribution in [0.1, 0.15) is 18.3 Å². The predicted octanol–water partition coefficient (Wildman–Crippen LogP) is 0.776. The van der Waals surface area contributed by atoms with E-state index >= 15 is 0 Å². The third kappa shape index (κ3) is 4.48. The Labute approximate surface area is 123 Å². The van der Waals surface area contributed by atoms with Gasteiger partial charge in [-0.3, -0.25) is 4.68 Å². The first-order chi connectivity index (χ1) is 10.2. The van der Waals surface area contributed by atoms with Gasteiger partial charge in [-0.15, -0.1) is 0 Å². The topological polar surface area (TPSA) is 87.4 Å². The van der Waals surface area contributed by atoms with Gasteiger partial charge in [0.15, 0.2) is 5.96 Å². The molecule has 2 aromatic rings. The van der Waals surface area contributed by atoms with Crippen molar-refractivity contribution in [2.45, 2.75) is 20.0 Å². The highest BCUT2D eigenvalue weighted by Crippen LogP contribution is 2.11. The normalized spacial score (nSPS) is 11.4. The number of nitrogens with one attached hydrogen (secondary N) is 2. The van der Waals surface area contributed by atoms with E-state index in [1.165, 1.54) is 6.33 Å². The molecule has 3 N–H and O–H groups in total. The largest absolute Gasteiger partial charge is 0.508 e. The summed E-state index contributed by atoms with van der Waals surface area (Å²) >= 11 is 0. The summed E-state index contributed by atoms with van der Waals surface area (Å²) in [5.41, 5.74) is 0.950. The van der Waals surface area contributed by atoms with Gasteiger partial charge in [0, 0.05) is 13.6 Å². The van der Waals surface area contributed by atoms with Crippen LogP contribution < -0.4 is 10.6 Å². The lowest BCUT2D eigenvalue weighted by molar-refractivity contribution is 0.474. The van der Waals surface area contributed by atoms with Crippen LogP contribution in [0.4, 0.5) is 0 Å². The number of rotatable bonds is 5. The van der Waals surface area contributed by atoms with Gasteiger partial charge in [-0.2, -0.15) is 5.10 Å². The van der Waals surface area contributed by atoms with Crippen LogP contribution >= 0.6 is 0 Å². The Kier molecular flexibility index (Phi) is 5.14. The molecule has 1 aromatic carbocycles. The van der Waals surface area contributed by atoms with E-state index in [9.17, 15) is 5.11 Å². The van der Waals surface area contributed by atoms with Crippen LogP contribution in [0.2, 0.25) is 0 Å². The van der Waals surface area contributed by atoms with Gasteiger partial charge in [-0.05, 0) is 24.6 Å². The average Bonchev–Trinajstić information content (AvgIpc) is 2.87. The van der Waals surface area contributed by atoms with Gasteiger partial charge in [0.25, 0.3) is 0 Å². The summed E-state index contributed by atoms with van der Waals surface area (Å²) in [6.45, 7) is 3.81. The van der Waals surface area contributed by atoms with Crippen molar-refractivity contribution in [3.05, 3.63) is 42.0 Å². The summed E-state index contributed by atoms with van der Waals surface area (Å²) in [6, 6.07) is 7.08. The van der Waals surface area contributed by atoms with Gasteiger partial charge in [-0.25, -0.2) is 9.98 Å². The molecule has 112 valence electrons. The zero-order chi connectivity index (χ0) is 15.1. The van der Waals surface area contributed by atoms with E-state index in [1.54, 1.807) is 22.9 Å². The maximum Gasteiger partial charge on any atom is 0.191 e. The molecule has 0 aliphatic rings. The summed E-state index contributed by atoms with van der Waals surface area (Å²) in [5, 5.41) is 19.8. The van der Waals surface area contributed by atoms with Crippen LogP contribution in [-0.4, -0.2) is 32.4 Å². The van der Waals surface area contributed by atoms with E-state index < -0.39 is 0 Å². The Balaban J connectivity index is 1.97. The lowest BCUT2D eigenvalue weighted by Crippen LogP contribution is -2.37. The Bertz CT molecular complexity index is 607. The molecule has 1 aromatic heterocycles. The van der Waals surface area contributed by atoms with Crippen LogP contribution in [0.15, 0.2) is 35.6 Å².